The van der Waals surface area contributed by atoms with Crippen LogP contribution in [0.1, 0.15) is 58.7 Å². The average molecular weight is 770 g/mol. The van der Waals surface area contributed by atoms with E-state index in [1.165, 1.54) is 13.3 Å². The number of fused-ring (bicyclic) bond motifs is 1. The summed E-state index contributed by atoms with van der Waals surface area (Å²) < 4.78 is 0. The van der Waals surface area contributed by atoms with Gasteiger partial charge >= 0.3 is 0 Å². The van der Waals surface area contributed by atoms with E-state index in [1.807, 2.05) is 30.5 Å². The molecular weight excluding hydrogens is 711 g/mol. The first-order chi connectivity index (χ1) is 25.7. The number of nitrogens with zero attached hydrogens (tertiary/aromatic N) is 1. The lowest BCUT2D eigenvalue weighted by molar-refractivity contribution is -0.133. The van der Waals surface area contributed by atoms with Gasteiger partial charge in [0.2, 0.25) is 29.5 Å². The third kappa shape index (κ3) is 14.1. The number of hydrogen-bond donors (Lipinski definition) is 11. The number of aromatic amines is 2. The minimum Gasteiger partial charge on any atom is -0.361 e. The second-order valence-electron chi connectivity index (χ2n) is 14.4. The van der Waals surface area contributed by atoms with Crippen LogP contribution in [0.3, 0.4) is 0 Å². The maximum absolute atomic E-state index is 13.6. The summed E-state index contributed by atoms with van der Waals surface area (Å²) in [5, 5.41) is 18.1. The van der Waals surface area contributed by atoms with Crippen molar-refractivity contribution < 1.29 is 24.0 Å². The summed E-state index contributed by atoms with van der Waals surface area (Å²) in [6, 6.07) is 3.60. The molecule has 3 aromatic rings. The van der Waals surface area contributed by atoms with Crippen LogP contribution in [-0.4, -0.2) is 106 Å². The third-order valence-corrected chi connectivity index (χ3v) is 9.28. The average Bonchev–Trinajstić information content (AvgIpc) is 3.80. The first-order valence-corrected chi connectivity index (χ1v) is 19.2. The molecular formula is C37H59N11O5S. The Bertz CT molecular complexity index is 1650. The molecule has 298 valence electrons. The largest absolute Gasteiger partial charge is 0.361 e. The highest BCUT2D eigenvalue weighted by Crippen LogP contribution is 2.19. The summed E-state index contributed by atoms with van der Waals surface area (Å²) >= 11 is 4.30. The van der Waals surface area contributed by atoms with Crippen LogP contribution in [0.4, 0.5) is 0 Å². The number of amides is 5. The number of thiol groups is 1. The normalized spacial score (nSPS) is 14.9. The summed E-state index contributed by atoms with van der Waals surface area (Å²) in [6.07, 6.45) is 6.74. The van der Waals surface area contributed by atoms with E-state index in [2.05, 4.69) is 73.3 Å². The zero-order valence-corrected chi connectivity index (χ0v) is 32.8. The van der Waals surface area contributed by atoms with Crippen LogP contribution in [0.15, 0.2) is 43.0 Å². The fourth-order valence-corrected chi connectivity index (χ4v) is 6.32. The van der Waals surface area contributed by atoms with Crippen molar-refractivity contribution in [2.24, 2.45) is 23.3 Å². The van der Waals surface area contributed by atoms with Crippen LogP contribution in [0.5, 0.6) is 0 Å². The predicted octanol–water partition coefficient (Wildman–Crippen LogP) is 0.0177. The van der Waals surface area contributed by atoms with Crippen LogP contribution in [0.2, 0.25) is 0 Å². The summed E-state index contributed by atoms with van der Waals surface area (Å²) in [5.74, 6) is -2.09. The van der Waals surface area contributed by atoms with Crippen LogP contribution in [-0.2, 0) is 36.8 Å². The van der Waals surface area contributed by atoms with Gasteiger partial charge in [0.25, 0.3) is 0 Å². The highest BCUT2D eigenvalue weighted by atomic mass is 32.1. The fourth-order valence-electron chi connectivity index (χ4n) is 6.01. The number of imidazole rings is 1. The van der Waals surface area contributed by atoms with E-state index in [4.69, 9.17) is 11.5 Å². The second-order valence-corrected chi connectivity index (χ2v) is 14.9. The van der Waals surface area contributed by atoms with Gasteiger partial charge in [-0.15, -0.1) is 0 Å². The SMILES string of the molecule is CC(C)C[C@@H](CN[C@H](CN)CCS)NC(=O)[C@H](Cc1cnc[nH]1)NC(=O)CNC(=O)[C@@H](NC(=O)[C@H](C)NC(=O)[C@@H](N)Cc1c[nH]c2ccccc12)C(C)C. The van der Waals surface area contributed by atoms with Crippen LogP contribution in [0.25, 0.3) is 10.9 Å². The molecule has 0 bridgehead atoms. The van der Waals surface area contributed by atoms with E-state index in [1.54, 1.807) is 20.0 Å². The van der Waals surface area contributed by atoms with Crippen molar-refractivity contribution in [2.75, 3.05) is 25.4 Å². The maximum Gasteiger partial charge on any atom is 0.243 e. The molecule has 0 spiro atoms. The number of rotatable bonds is 23. The highest BCUT2D eigenvalue weighted by molar-refractivity contribution is 7.80. The molecule has 12 N–H and O–H groups in total. The molecule has 2 heterocycles. The van der Waals surface area contributed by atoms with Crippen molar-refractivity contribution >= 4 is 53.1 Å². The number of para-hydroxylation sites is 1. The molecule has 16 nitrogen and oxygen atoms in total. The van der Waals surface area contributed by atoms with Gasteiger partial charge in [-0.1, -0.05) is 45.9 Å². The molecule has 54 heavy (non-hydrogen) atoms. The standard InChI is InChI=1S/C37H59N11O5S/c1-21(2)12-27(18-41-25(15-38)10-11-54)46-36(52)31(14-26-17-40-20-44-26)47-32(49)19-43-37(53)33(22(3)4)48-34(50)23(5)45-35(51)29(39)13-24-16-42-30-9-7-6-8-28(24)30/h6-9,16-17,20-23,25,27,29,31,33,41-42,54H,10-15,18-19,38-39H2,1-5H3,(H,40,44)(H,43,53)(H,45,51)(H,46,52)(H,47,49)(H,48,50)/t23-,25-,27-,29-,31-,33-/m0/s1. The van der Waals surface area contributed by atoms with Gasteiger partial charge in [0.15, 0.2) is 0 Å². The van der Waals surface area contributed by atoms with Crippen LogP contribution < -0.4 is 43.4 Å². The monoisotopic (exact) mass is 769 g/mol. The molecule has 6 atom stereocenters. The van der Waals surface area contributed by atoms with Crippen molar-refractivity contribution in [3.05, 3.63) is 54.2 Å². The van der Waals surface area contributed by atoms with Gasteiger partial charge in [0, 0.05) is 60.6 Å². The van der Waals surface area contributed by atoms with Crippen molar-refractivity contribution in [2.45, 2.75) is 96.6 Å². The Morgan fingerprint density at radius 2 is 1.61 bits per heavy atom. The molecule has 2 aromatic heterocycles. The van der Waals surface area contributed by atoms with Crippen molar-refractivity contribution in [1.29, 1.82) is 0 Å². The first-order valence-electron chi connectivity index (χ1n) is 18.5. The molecule has 0 radical (unpaired) electrons. The third-order valence-electron chi connectivity index (χ3n) is 9.02. The zero-order valence-electron chi connectivity index (χ0n) is 31.9. The van der Waals surface area contributed by atoms with Crippen LogP contribution >= 0.6 is 12.6 Å². The van der Waals surface area contributed by atoms with Gasteiger partial charge in [-0.05, 0) is 55.4 Å². The van der Waals surface area contributed by atoms with Gasteiger partial charge in [0.1, 0.15) is 18.1 Å². The second kappa shape index (κ2) is 22.1. The fraction of sp³-hybridized carbons (Fsp3) is 0.568. The van der Waals surface area contributed by atoms with Gasteiger partial charge in [-0.3, -0.25) is 24.0 Å². The molecule has 1 aromatic carbocycles. The molecule has 0 saturated carbocycles. The van der Waals surface area contributed by atoms with Crippen molar-refractivity contribution in [3.63, 3.8) is 0 Å². The Morgan fingerprint density at radius 3 is 2.26 bits per heavy atom. The lowest BCUT2D eigenvalue weighted by Crippen LogP contribution is -2.57. The molecule has 0 aliphatic carbocycles. The van der Waals surface area contributed by atoms with E-state index in [-0.39, 0.29) is 42.7 Å². The Labute approximate surface area is 322 Å². The number of aromatic nitrogens is 3. The van der Waals surface area contributed by atoms with Gasteiger partial charge in [-0.25, -0.2) is 4.98 Å². The lowest BCUT2D eigenvalue weighted by atomic mass is 10.0. The Morgan fingerprint density at radius 1 is 0.870 bits per heavy atom. The molecule has 0 unspecified atom stereocenters. The van der Waals surface area contributed by atoms with E-state index in [0.29, 0.717) is 31.0 Å². The molecule has 0 aliphatic heterocycles. The molecule has 0 saturated heterocycles. The van der Waals surface area contributed by atoms with Gasteiger partial charge in [-0.2, -0.15) is 12.6 Å². The lowest BCUT2D eigenvalue weighted by Gasteiger charge is -2.27. The Balaban J connectivity index is 1.56. The molecule has 17 heteroatoms. The molecule has 3 rings (SSSR count). The molecule has 0 fully saturated rings. The summed E-state index contributed by atoms with van der Waals surface area (Å²) in [6.45, 7) is 9.59. The van der Waals surface area contributed by atoms with Crippen molar-refractivity contribution in [3.8, 4) is 0 Å². The highest BCUT2D eigenvalue weighted by Gasteiger charge is 2.29. The maximum atomic E-state index is 13.6. The topological polar surface area (TPSA) is 254 Å². The number of carbonyl (C=O) groups excluding carboxylic acids is 5. The molecule has 0 aliphatic rings. The van der Waals surface area contributed by atoms with E-state index >= 15 is 0 Å². The number of nitrogens with two attached hydrogens (primary N) is 2. The summed E-state index contributed by atoms with van der Waals surface area (Å²) in [5.41, 5.74) is 14.5. The van der Waals surface area contributed by atoms with E-state index in [0.717, 1.165) is 22.9 Å². The van der Waals surface area contributed by atoms with E-state index in [9.17, 15) is 24.0 Å². The minimum absolute atomic E-state index is 0.0550. The molecule has 5 amide bonds. The quantitative estimate of drug-likeness (QED) is 0.0581. The zero-order chi connectivity index (χ0) is 39.8. The smallest absolute Gasteiger partial charge is 0.243 e. The van der Waals surface area contributed by atoms with Gasteiger partial charge in [0.05, 0.1) is 18.9 Å². The van der Waals surface area contributed by atoms with Gasteiger partial charge < -0.3 is 53.3 Å². The Hall–Kier alpha value is -4.45. The Kier molecular flexibility index (Phi) is 18.0. The number of hydrogen-bond acceptors (Lipinski definition) is 10. The first kappa shape index (κ1) is 44.0. The summed E-state index contributed by atoms with van der Waals surface area (Å²) in [7, 11) is 0. The number of benzene rings is 1. The predicted molar refractivity (Wildman–Crippen MR) is 212 cm³/mol. The van der Waals surface area contributed by atoms with Crippen LogP contribution in [0, 0.1) is 11.8 Å². The number of nitrogens with one attached hydrogen (secondary N) is 8. The number of carbonyl (C=O) groups is 5. The minimum atomic E-state index is -1.02. The number of H-pyrrole nitrogens is 2. The van der Waals surface area contributed by atoms with Crippen molar-refractivity contribution in [1.82, 2.24) is 46.9 Å². The summed E-state index contributed by atoms with van der Waals surface area (Å²) in [4.78, 5) is 76.2. The van der Waals surface area contributed by atoms with E-state index < -0.39 is 54.3 Å².